The first-order valence-corrected chi connectivity index (χ1v) is 5.40. The fourth-order valence-corrected chi connectivity index (χ4v) is 1.45. The molecule has 1 aromatic heterocycles. The lowest BCUT2D eigenvalue weighted by Crippen LogP contribution is -2.17. The number of imidazole rings is 1. The Labute approximate surface area is 90.5 Å². The number of ketones is 1. The number of nitrogens with zero attached hydrogens (tertiary/aromatic N) is 2. The van der Waals surface area contributed by atoms with Gasteiger partial charge in [0.05, 0.1) is 6.42 Å². The molecule has 1 aromatic rings. The molecule has 1 heterocycles. The summed E-state index contributed by atoms with van der Waals surface area (Å²) in [4.78, 5) is 15.7. The van der Waals surface area contributed by atoms with Gasteiger partial charge in [-0.2, -0.15) is 0 Å². The summed E-state index contributed by atoms with van der Waals surface area (Å²) < 4.78 is 1.99. The van der Waals surface area contributed by atoms with Gasteiger partial charge in [-0.15, -0.1) is 0 Å². The zero-order chi connectivity index (χ0) is 11.3. The summed E-state index contributed by atoms with van der Waals surface area (Å²) in [6.45, 7) is 4.81. The Morgan fingerprint density at radius 2 is 2.40 bits per heavy atom. The Hall–Kier alpha value is -1.16. The van der Waals surface area contributed by atoms with Gasteiger partial charge < -0.3 is 10.3 Å². The fraction of sp³-hybridized carbons (Fsp3) is 0.636. The third-order valence-corrected chi connectivity index (χ3v) is 2.38. The molecule has 1 rings (SSSR count). The predicted molar refractivity (Wildman–Crippen MR) is 59.5 cm³/mol. The highest BCUT2D eigenvalue weighted by Gasteiger charge is 2.08. The second kappa shape index (κ2) is 5.66. The molecule has 84 valence electrons. The molecule has 0 spiro atoms. The number of nitrogens with two attached hydrogens (primary N) is 1. The smallest absolute Gasteiger partial charge is 0.140 e. The first kappa shape index (κ1) is 11.9. The molecular weight excluding hydrogens is 190 g/mol. The Morgan fingerprint density at radius 3 is 3.00 bits per heavy atom. The van der Waals surface area contributed by atoms with Gasteiger partial charge in [0.1, 0.15) is 11.6 Å². The molecule has 0 saturated heterocycles. The van der Waals surface area contributed by atoms with E-state index in [9.17, 15) is 4.79 Å². The molecule has 0 aliphatic rings. The Kier molecular flexibility index (Phi) is 4.49. The van der Waals surface area contributed by atoms with Crippen molar-refractivity contribution in [3.8, 4) is 0 Å². The van der Waals surface area contributed by atoms with Crippen molar-refractivity contribution in [1.29, 1.82) is 0 Å². The zero-order valence-electron chi connectivity index (χ0n) is 9.44. The van der Waals surface area contributed by atoms with Crippen LogP contribution in [0.5, 0.6) is 0 Å². The van der Waals surface area contributed by atoms with Crippen LogP contribution in [0, 0.1) is 0 Å². The molecule has 0 aromatic carbocycles. The van der Waals surface area contributed by atoms with Crippen molar-refractivity contribution in [2.45, 2.75) is 45.7 Å². The summed E-state index contributed by atoms with van der Waals surface area (Å²) in [5.74, 6) is 1.07. The summed E-state index contributed by atoms with van der Waals surface area (Å²) in [6, 6.07) is 0.0971. The molecule has 1 unspecified atom stereocenters. The number of aromatic nitrogens is 2. The van der Waals surface area contributed by atoms with E-state index in [1.54, 1.807) is 6.20 Å². The van der Waals surface area contributed by atoms with Crippen LogP contribution in [0.2, 0.25) is 0 Å². The van der Waals surface area contributed by atoms with E-state index >= 15 is 0 Å². The van der Waals surface area contributed by atoms with E-state index in [0.717, 1.165) is 18.8 Å². The number of rotatable bonds is 6. The minimum atomic E-state index is 0.0971. The Bertz CT molecular complexity index is 317. The molecular formula is C11H19N3O. The van der Waals surface area contributed by atoms with Gasteiger partial charge >= 0.3 is 0 Å². The second-order valence-electron chi connectivity index (χ2n) is 3.86. The van der Waals surface area contributed by atoms with Crippen LogP contribution >= 0.6 is 0 Å². The number of carbonyl (C=O) groups excluding carboxylic acids is 1. The quantitative estimate of drug-likeness (QED) is 0.764. The van der Waals surface area contributed by atoms with Gasteiger partial charge in [0.2, 0.25) is 0 Å². The van der Waals surface area contributed by atoms with Crippen molar-refractivity contribution < 1.29 is 4.79 Å². The van der Waals surface area contributed by atoms with E-state index < -0.39 is 0 Å². The number of hydrogen-bond acceptors (Lipinski definition) is 3. The van der Waals surface area contributed by atoms with Crippen LogP contribution < -0.4 is 5.73 Å². The van der Waals surface area contributed by atoms with Gasteiger partial charge in [-0.05, 0) is 20.3 Å². The molecule has 4 nitrogen and oxygen atoms in total. The largest absolute Gasteiger partial charge is 0.335 e. The maximum absolute atomic E-state index is 11.6. The minimum Gasteiger partial charge on any atom is -0.335 e. The molecule has 1 atom stereocenters. The van der Waals surface area contributed by atoms with Gasteiger partial charge in [0.25, 0.3) is 0 Å². The van der Waals surface area contributed by atoms with E-state index in [-0.39, 0.29) is 11.8 Å². The standard InChI is InChI=1S/C11H19N3O/c1-3-14-7-6-13-11(14)8-10(15)5-4-9(2)12/h6-7,9H,3-5,8,12H2,1-2H3. The number of aryl methyl sites for hydroxylation is 1. The Balaban J connectivity index is 2.44. The van der Waals surface area contributed by atoms with Crippen LogP contribution in [0.3, 0.4) is 0 Å². The summed E-state index contributed by atoms with van der Waals surface area (Å²) in [7, 11) is 0. The third kappa shape index (κ3) is 3.83. The van der Waals surface area contributed by atoms with Gasteiger partial charge in [0, 0.05) is 31.4 Å². The Morgan fingerprint density at radius 1 is 1.67 bits per heavy atom. The molecule has 0 bridgehead atoms. The van der Waals surface area contributed by atoms with Crippen LogP contribution in [0.25, 0.3) is 0 Å². The topological polar surface area (TPSA) is 60.9 Å². The van der Waals surface area contributed by atoms with E-state index in [0.29, 0.717) is 12.8 Å². The molecule has 0 radical (unpaired) electrons. The van der Waals surface area contributed by atoms with E-state index in [1.807, 2.05) is 24.6 Å². The summed E-state index contributed by atoms with van der Waals surface area (Å²) in [6.07, 6.45) is 5.36. The van der Waals surface area contributed by atoms with Gasteiger partial charge in [0.15, 0.2) is 0 Å². The highest BCUT2D eigenvalue weighted by atomic mass is 16.1. The molecule has 4 heteroatoms. The molecule has 0 amide bonds. The van der Waals surface area contributed by atoms with Crippen molar-refractivity contribution in [3.63, 3.8) is 0 Å². The van der Waals surface area contributed by atoms with Gasteiger partial charge in [-0.3, -0.25) is 4.79 Å². The molecule has 0 aliphatic heterocycles. The summed E-state index contributed by atoms with van der Waals surface area (Å²) in [5.41, 5.74) is 5.60. The van der Waals surface area contributed by atoms with Crippen LogP contribution in [-0.4, -0.2) is 21.4 Å². The predicted octanol–water partition coefficient (Wildman–Crippen LogP) is 1.14. The lowest BCUT2D eigenvalue weighted by Gasteiger charge is -2.05. The van der Waals surface area contributed by atoms with E-state index in [2.05, 4.69) is 4.98 Å². The lowest BCUT2D eigenvalue weighted by molar-refractivity contribution is -0.118. The van der Waals surface area contributed by atoms with Crippen molar-refractivity contribution in [3.05, 3.63) is 18.2 Å². The van der Waals surface area contributed by atoms with Crippen molar-refractivity contribution >= 4 is 5.78 Å². The molecule has 2 N–H and O–H groups in total. The van der Waals surface area contributed by atoms with Gasteiger partial charge in [-0.25, -0.2) is 4.98 Å². The van der Waals surface area contributed by atoms with Crippen LogP contribution in [-0.2, 0) is 17.8 Å². The highest BCUT2D eigenvalue weighted by molar-refractivity contribution is 5.80. The van der Waals surface area contributed by atoms with Crippen molar-refractivity contribution in [2.24, 2.45) is 5.73 Å². The molecule has 0 saturated carbocycles. The maximum atomic E-state index is 11.6. The third-order valence-electron chi connectivity index (χ3n) is 2.38. The first-order valence-electron chi connectivity index (χ1n) is 5.40. The van der Waals surface area contributed by atoms with Crippen LogP contribution in [0.4, 0.5) is 0 Å². The monoisotopic (exact) mass is 209 g/mol. The maximum Gasteiger partial charge on any atom is 0.140 e. The highest BCUT2D eigenvalue weighted by Crippen LogP contribution is 2.03. The molecule has 0 aliphatic carbocycles. The number of carbonyl (C=O) groups is 1. The van der Waals surface area contributed by atoms with Gasteiger partial charge in [-0.1, -0.05) is 0 Å². The fourth-order valence-electron chi connectivity index (χ4n) is 1.45. The van der Waals surface area contributed by atoms with Crippen molar-refractivity contribution in [2.75, 3.05) is 0 Å². The molecule has 15 heavy (non-hydrogen) atoms. The number of Topliss-reactive ketones (excluding diaryl/α,β-unsaturated/α-hetero) is 1. The molecule has 0 fully saturated rings. The van der Waals surface area contributed by atoms with Crippen molar-refractivity contribution in [1.82, 2.24) is 9.55 Å². The van der Waals surface area contributed by atoms with E-state index in [4.69, 9.17) is 5.73 Å². The van der Waals surface area contributed by atoms with Crippen LogP contribution in [0.15, 0.2) is 12.4 Å². The number of hydrogen-bond donors (Lipinski definition) is 1. The average Bonchev–Trinajstić information content (AvgIpc) is 2.62. The lowest BCUT2D eigenvalue weighted by atomic mass is 10.1. The van der Waals surface area contributed by atoms with E-state index in [1.165, 1.54) is 0 Å². The minimum absolute atomic E-state index is 0.0971. The zero-order valence-corrected chi connectivity index (χ0v) is 9.44. The van der Waals surface area contributed by atoms with Crippen LogP contribution in [0.1, 0.15) is 32.5 Å². The normalized spacial score (nSPS) is 12.7. The summed E-state index contributed by atoms with van der Waals surface area (Å²) >= 11 is 0. The SMILES string of the molecule is CCn1ccnc1CC(=O)CCC(C)N. The summed E-state index contributed by atoms with van der Waals surface area (Å²) in [5, 5.41) is 0. The second-order valence-corrected chi connectivity index (χ2v) is 3.86. The first-order chi connectivity index (χ1) is 7.13. The average molecular weight is 209 g/mol.